The first kappa shape index (κ1) is 11.0. The Labute approximate surface area is 108 Å². The van der Waals surface area contributed by atoms with E-state index in [2.05, 4.69) is 5.32 Å². The predicted octanol–water partition coefficient (Wildman–Crippen LogP) is 2.10. The fraction of sp³-hybridized carbons (Fsp3) is 0. The van der Waals surface area contributed by atoms with E-state index in [9.17, 15) is 10.2 Å². The Bertz CT molecular complexity index is 753. The van der Waals surface area contributed by atoms with E-state index in [0.29, 0.717) is 26.7 Å². The van der Waals surface area contributed by atoms with Gasteiger partial charge in [-0.2, -0.15) is 0 Å². The van der Waals surface area contributed by atoms with Crippen LogP contribution in [0.3, 0.4) is 0 Å². The van der Waals surface area contributed by atoms with Crippen molar-refractivity contribution in [2.45, 2.75) is 0 Å². The van der Waals surface area contributed by atoms with E-state index in [1.807, 2.05) is 0 Å². The molecule has 1 aliphatic heterocycles. The number of nitrogens with one attached hydrogen (secondary N) is 1. The lowest BCUT2D eigenvalue weighted by molar-refractivity contribution is 0.500. The Morgan fingerprint density at radius 3 is 2.44 bits per heavy atom. The normalized spacial score (nSPS) is 13.4. The van der Waals surface area contributed by atoms with Crippen molar-refractivity contribution in [1.82, 2.24) is 0 Å². The summed E-state index contributed by atoms with van der Waals surface area (Å²) in [5.41, 5.74) is 1.18. The summed E-state index contributed by atoms with van der Waals surface area (Å²) in [5.74, 6) is 0.109. The highest BCUT2D eigenvalue weighted by atomic mass is 35.5. The maximum atomic E-state index is 10.3. The Morgan fingerprint density at radius 1 is 0.944 bits per heavy atom. The smallest absolute Gasteiger partial charge is 0.196 e. The lowest BCUT2D eigenvalue weighted by atomic mass is 10.1. The molecule has 2 aromatic carbocycles. The third kappa shape index (κ3) is 1.60. The van der Waals surface area contributed by atoms with E-state index in [1.165, 1.54) is 0 Å². The molecule has 1 heterocycles. The standard InChI is InChI=1S/C14H10ClNO2/c15-8-5-6-12-11(7-8)13(17)9-3-1-2-4-10(9)14(18)16-12/h1-7,16-18H. The summed E-state index contributed by atoms with van der Waals surface area (Å²) in [6.07, 6.45) is 0. The van der Waals surface area contributed by atoms with E-state index < -0.39 is 0 Å². The number of anilines is 1. The molecule has 4 heteroatoms. The highest BCUT2D eigenvalue weighted by Crippen LogP contribution is 2.26. The Kier molecular flexibility index (Phi) is 2.42. The van der Waals surface area contributed by atoms with Gasteiger partial charge in [0.2, 0.25) is 0 Å². The van der Waals surface area contributed by atoms with Gasteiger partial charge in [-0.15, -0.1) is 0 Å². The zero-order valence-electron chi connectivity index (χ0n) is 9.31. The van der Waals surface area contributed by atoms with E-state index in [4.69, 9.17) is 11.6 Å². The number of aliphatic hydroxyl groups is 2. The molecule has 0 saturated carbocycles. The number of hydrogen-bond donors (Lipinski definition) is 3. The van der Waals surface area contributed by atoms with Crippen LogP contribution < -0.4 is 15.8 Å². The minimum Gasteiger partial charge on any atom is -0.507 e. The molecule has 0 unspecified atom stereocenters. The van der Waals surface area contributed by atoms with Gasteiger partial charge in [0.15, 0.2) is 5.88 Å². The number of rotatable bonds is 0. The second-order valence-electron chi connectivity index (χ2n) is 4.06. The van der Waals surface area contributed by atoms with Crippen molar-refractivity contribution in [2.24, 2.45) is 0 Å². The molecular weight excluding hydrogens is 250 g/mol. The summed E-state index contributed by atoms with van der Waals surface area (Å²) in [6, 6.07) is 12.2. The molecule has 3 rings (SSSR count). The lowest BCUT2D eigenvalue weighted by Crippen LogP contribution is -2.29. The molecule has 0 fully saturated rings. The van der Waals surface area contributed by atoms with Gasteiger partial charge < -0.3 is 15.5 Å². The lowest BCUT2D eigenvalue weighted by Gasteiger charge is -2.08. The number of hydrogen-bond acceptors (Lipinski definition) is 3. The van der Waals surface area contributed by atoms with Gasteiger partial charge in [-0.3, -0.25) is 0 Å². The zero-order valence-corrected chi connectivity index (χ0v) is 10.1. The molecule has 0 spiro atoms. The van der Waals surface area contributed by atoms with Gasteiger partial charge >= 0.3 is 0 Å². The monoisotopic (exact) mass is 259 g/mol. The maximum Gasteiger partial charge on any atom is 0.196 e. The number of halogens is 1. The Morgan fingerprint density at radius 2 is 1.67 bits per heavy atom. The van der Waals surface area contributed by atoms with Gasteiger partial charge in [-0.25, -0.2) is 0 Å². The minimum atomic E-state index is 0.0122. The van der Waals surface area contributed by atoms with E-state index in [-0.39, 0.29) is 11.6 Å². The molecular formula is C14H10ClNO2. The molecule has 18 heavy (non-hydrogen) atoms. The van der Waals surface area contributed by atoms with Gasteiger partial charge in [-0.05, 0) is 24.3 Å². The molecule has 3 nitrogen and oxygen atoms in total. The first-order valence-corrected chi connectivity index (χ1v) is 5.83. The topological polar surface area (TPSA) is 52.5 Å². The summed E-state index contributed by atoms with van der Waals surface area (Å²) in [4.78, 5) is 0. The van der Waals surface area contributed by atoms with Crippen molar-refractivity contribution in [3.05, 3.63) is 63.5 Å². The molecule has 0 bridgehead atoms. The second-order valence-corrected chi connectivity index (χ2v) is 4.49. The predicted molar refractivity (Wildman–Crippen MR) is 71.9 cm³/mol. The minimum absolute atomic E-state index is 0.0122. The van der Waals surface area contributed by atoms with Crippen LogP contribution in [0.1, 0.15) is 5.56 Å². The SMILES string of the molecule is OC1=c2ccccc2=C(O)c2cc(Cl)ccc2N1. The fourth-order valence-corrected chi connectivity index (χ4v) is 2.23. The van der Waals surface area contributed by atoms with Gasteiger partial charge in [-0.1, -0.05) is 29.8 Å². The van der Waals surface area contributed by atoms with E-state index in [1.54, 1.807) is 42.5 Å². The van der Waals surface area contributed by atoms with E-state index >= 15 is 0 Å². The van der Waals surface area contributed by atoms with Crippen molar-refractivity contribution in [3.8, 4) is 0 Å². The summed E-state index contributed by atoms with van der Waals surface area (Å²) < 4.78 is 0. The molecule has 2 aromatic rings. The number of fused-ring (bicyclic) bond motifs is 2. The van der Waals surface area contributed by atoms with Crippen molar-refractivity contribution in [2.75, 3.05) is 5.32 Å². The summed E-state index contributed by atoms with van der Waals surface area (Å²) in [7, 11) is 0. The average Bonchev–Trinajstić information content (AvgIpc) is 2.48. The van der Waals surface area contributed by atoms with Crippen LogP contribution in [0.15, 0.2) is 42.5 Å². The number of benzene rings is 2. The Hall–Kier alpha value is -2.13. The van der Waals surface area contributed by atoms with Crippen LogP contribution in [-0.4, -0.2) is 10.2 Å². The van der Waals surface area contributed by atoms with Crippen LogP contribution in [-0.2, 0) is 0 Å². The molecule has 0 radical (unpaired) electrons. The van der Waals surface area contributed by atoms with Crippen LogP contribution >= 0.6 is 11.6 Å². The molecule has 3 N–H and O–H groups in total. The highest BCUT2D eigenvalue weighted by molar-refractivity contribution is 6.30. The van der Waals surface area contributed by atoms with Crippen LogP contribution in [0.25, 0.3) is 11.6 Å². The molecule has 0 atom stereocenters. The third-order valence-corrected chi connectivity index (χ3v) is 3.16. The van der Waals surface area contributed by atoms with Gasteiger partial charge in [0.25, 0.3) is 0 Å². The van der Waals surface area contributed by atoms with Crippen molar-refractivity contribution >= 4 is 28.9 Å². The summed E-state index contributed by atoms with van der Waals surface area (Å²) in [6.45, 7) is 0. The molecule has 90 valence electrons. The largest absolute Gasteiger partial charge is 0.507 e. The molecule has 0 saturated heterocycles. The van der Waals surface area contributed by atoms with Crippen molar-refractivity contribution in [1.29, 1.82) is 0 Å². The highest BCUT2D eigenvalue weighted by Gasteiger charge is 2.14. The summed E-state index contributed by atoms with van der Waals surface area (Å²) >= 11 is 5.94. The molecule has 1 aliphatic rings. The first-order chi connectivity index (χ1) is 8.66. The maximum absolute atomic E-state index is 10.3. The quantitative estimate of drug-likeness (QED) is 0.679. The van der Waals surface area contributed by atoms with Crippen molar-refractivity contribution < 1.29 is 10.2 Å². The van der Waals surface area contributed by atoms with Crippen LogP contribution in [0, 0.1) is 0 Å². The number of aliphatic hydroxyl groups excluding tert-OH is 2. The van der Waals surface area contributed by atoms with Crippen LogP contribution in [0.2, 0.25) is 5.02 Å². The van der Waals surface area contributed by atoms with Gasteiger partial charge in [0.1, 0.15) is 5.76 Å². The zero-order chi connectivity index (χ0) is 12.7. The first-order valence-electron chi connectivity index (χ1n) is 5.45. The molecule has 0 aromatic heterocycles. The van der Waals surface area contributed by atoms with Gasteiger partial charge in [0.05, 0.1) is 5.69 Å². The van der Waals surface area contributed by atoms with Crippen LogP contribution in [0.5, 0.6) is 0 Å². The fourth-order valence-electron chi connectivity index (χ4n) is 2.06. The second kappa shape index (κ2) is 3.96. The third-order valence-electron chi connectivity index (χ3n) is 2.93. The Balaban J connectivity index is 2.47. The van der Waals surface area contributed by atoms with E-state index in [0.717, 1.165) is 0 Å². The van der Waals surface area contributed by atoms with Crippen molar-refractivity contribution in [3.63, 3.8) is 0 Å². The van der Waals surface area contributed by atoms with Crippen LogP contribution in [0.4, 0.5) is 5.69 Å². The molecule has 0 amide bonds. The molecule has 0 aliphatic carbocycles. The summed E-state index contributed by atoms with van der Waals surface area (Å²) in [5, 5.41) is 24.9. The average molecular weight is 260 g/mol. The van der Waals surface area contributed by atoms with Gasteiger partial charge in [0, 0.05) is 21.0 Å².